The molecule has 1 heterocycles. The van der Waals surface area contributed by atoms with E-state index in [2.05, 4.69) is 45.8 Å². The molecule has 0 unspecified atom stereocenters. The maximum absolute atomic E-state index is 13.1. The van der Waals surface area contributed by atoms with Gasteiger partial charge in [0.1, 0.15) is 11.6 Å². The van der Waals surface area contributed by atoms with Crippen LogP contribution in [0, 0.1) is 11.7 Å². The number of halogens is 2. The smallest absolute Gasteiger partial charge is 0.193 e. The molecule has 0 atom stereocenters. The maximum Gasteiger partial charge on any atom is 0.193 e. The highest BCUT2D eigenvalue weighted by atomic mass is 127. The lowest BCUT2D eigenvalue weighted by molar-refractivity contribution is 0.472. The number of rotatable bonds is 10. The van der Waals surface area contributed by atoms with E-state index in [0.29, 0.717) is 19.0 Å². The molecule has 0 amide bonds. The number of nitrogens with zero attached hydrogens (tertiary/aromatic N) is 5. The van der Waals surface area contributed by atoms with E-state index < -0.39 is 0 Å². The van der Waals surface area contributed by atoms with Gasteiger partial charge in [-0.15, -0.1) is 34.2 Å². The number of guanidine groups is 1. The Morgan fingerprint density at radius 1 is 1.27 bits per heavy atom. The second kappa shape index (κ2) is 13.8. The van der Waals surface area contributed by atoms with Crippen molar-refractivity contribution in [3.63, 3.8) is 0 Å². The van der Waals surface area contributed by atoms with Gasteiger partial charge in [0.25, 0.3) is 0 Å². The Balaban J connectivity index is 0.00000450. The molecule has 0 spiro atoms. The van der Waals surface area contributed by atoms with E-state index in [1.165, 1.54) is 12.1 Å². The molecule has 0 fully saturated rings. The first kappa shape index (κ1) is 26.7. The van der Waals surface area contributed by atoms with Gasteiger partial charge >= 0.3 is 0 Å². The van der Waals surface area contributed by atoms with Crippen molar-refractivity contribution < 1.29 is 4.39 Å². The average Bonchev–Trinajstić information content (AvgIpc) is 3.07. The highest BCUT2D eigenvalue weighted by Crippen LogP contribution is 2.16. The molecule has 6 nitrogen and oxygen atoms in total. The summed E-state index contributed by atoms with van der Waals surface area (Å²) in [5, 5.41) is 13.0. The fraction of sp³-hybridized carbons (Fsp3) is 0.571. The Morgan fingerprint density at radius 3 is 2.57 bits per heavy atom. The zero-order valence-corrected chi connectivity index (χ0v) is 21.7. The van der Waals surface area contributed by atoms with Crippen LogP contribution in [0.25, 0.3) is 0 Å². The van der Waals surface area contributed by atoms with Gasteiger partial charge in [-0.3, -0.25) is 4.99 Å². The van der Waals surface area contributed by atoms with Crippen molar-refractivity contribution >= 4 is 41.7 Å². The lowest BCUT2D eigenvalue weighted by atomic mass is 10.2. The second-order valence-electron chi connectivity index (χ2n) is 7.43. The van der Waals surface area contributed by atoms with Gasteiger partial charge in [0.15, 0.2) is 11.1 Å². The summed E-state index contributed by atoms with van der Waals surface area (Å²) < 4.78 is 15.3. The van der Waals surface area contributed by atoms with Gasteiger partial charge in [-0.25, -0.2) is 4.39 Å². The van der Waals surface area contributed by atoms with Gasteiger partial charge in [-0.2, -0.15) is 0 Å². The van der Waals surface area contributed by atoms with Crippen molar-refractivity contribution in [2.75, 3.05) is 26.4 Å². The van der Waals surface area contributed by atoms with E-state index in [4.69, 9.17) is 4.99 Å². The topological polar surface area (TPSA) is 58.3 Å². The second-order valence-corrected chi connectivity index (χ2v) is 8.20. The van der Waals surface area contributed by atoms with E-state index in [1.807, 2.05) is 13.3 Å². The van der Waals surface area contributed by atoms with Gasteiger partial charge < -0.3 is 14.8 Å². The third-order valence-corrected chi connectivity index (χ3v) is 5.04. The molecule has 1 aromatic heterocycles. The summed E-state index contributed by atoms with van der Waals surface area (Å²) in [6.45, 7) is 9.58. The summed E-state index contributed by atoms with van der Waals surface area (Å²) in [6.07, 6.45) is 3.79. The van der Waals surface area contributed by atoms with Crippen LogP contribution in [0.5, 0.6) is 0 Å². The lowest BCUT2D eigenvalue weighted by Crippen LogP contribution is -2.38. The third kappa shape index (κ3) is 8.41. The maximum atomic E-state index is 13.1. The summed E-state index contributed by atoms with van der Waals surface area (Å²) in [5.41, 5.74) is 1.05. The van der Waals surface area contributed by atoms with Crippen LogP contribution in [0.15, 0.2) is 34.4 Å². The van der Waals surface area contributed by atoms with Crippen LogP contribution < -0.4 is 5.32 Å². The molecule has 2 aromatic rings. The van der Waals surface area contributed by atoms with Crippen LogP contribution >= 0.6 is 35.7 Å². The molecule has 0 radical (unpaired) electrons. The van der Waals surface area contributed by atoms with Gasteiger partial charge in [0.2, 0.25) is 0 Å². The normalized spacial score (nSPS) is 11.5. The summed E-state index contributed by atoms with van der Waals surface area (Å²) in [6, 6.07) is 6.59. The Kier molecular flexibility index (Phi) is 12.3. The van der Waals surface area contributed by atoms with Crippen LogP contribution in [0.4, 0.5) is 4.39 Å². The zero-order valence-electron chi connectivity index (χ0n) is 18.6. The minimum Gasteiger partial charge on any atom is -0.357 e. The molecule has 0 bridgehead atoms. The van der Waals surface area contributed by atoms with Gasteiger partial charge in [-0.1, -0.05) is 37.7 Å². The molecule has 0 aliphatic rings. The molecular formula is C21H34FIN6S. The zero-order chi connectivity index (χ0) is 21.2. The van der Waals surface area contributed by atoms with E-state index in [9.17, 15) is 4.39 Å². The summed E-state index contributed by atoms with van der Waals surface area (Å²) >= 11 is 1.64. The van der Waals surface area contributed by atoms with Gasteiger partial charge in [0, 0.05) is 39.6 Å². The average molecular weight is 549 g/mol. The van der Waals surface area contributed by atoms with Crippen LogP contribution in [-0.4, -0.2) is 52.0 Å². The number of thioether (sulfide) groups is 1. The SMILES string of the molecule is CCNC(=NCCCc1nnc(SC)n1CC(C)C)N(C)Cc1ccc(F)cc1.I. The first-order chi connectivity index (χ1) is 13.9. The van der Waals surface area contributed by atoms with Gasteiger partial charge in [-0.05, 0) is 43.2 Å². The number of aromatic nitrogens is 3. The molecule has 1 aromatic carbocycles. The molecule has 1 N–H and O–H groups in total. The molecular weight excluding hydrogens is 514 g/mol. The molecule has 30 heavy (non-hydrogen) atoms. The summed E-state index contributed by atoms with van der Waals surface area (Å²) in [7, 11) is 1.99. The highest BCUT2D eigenvalue weighted by molar-refractivity contribution is 14.0. The van der Waals surface area contributed by atoms with Crippen LogP contribution in [0.1, 0.15) is 38.6 Å². The summed E-state index contributed by atoms with van der Waals surface area (Å²) in [5.74, 6) is 2.22. The van der Waals surface area contributed by atoms with Crippen molar-refractivity contribution in [3.8, 4) is 0 Å². The van der Waals surface area contributed by atoms with E-state index in [-0.39, 0.29) is 29.8 Å². The van der Waals surface area contributed by atoms with E-state index in [1.54, 1.807) is 23.9 Å². The Hall–Kier alpha value is -1.36. The van der Waals surface area contributed by atoms with Crippen molar-refractivity contribution in [1.29, 1.82) is 0 Å². The van der Waals surface area contributed by atoms with Crippen molar-refractivity contribution in [2.24, 2.45) is 10.9 Å². The quantitative estimate of drug-likeness (QED) is 0.156. The fourth-order valence-electron chi connectivity index (χ4n) is 3.03. The number of nitrogens with one attached hydrogen (secondary N) is 1. The standard InChI is InChI=1S/C21H33FN6S.HI/c1-6-23-20(27(4)15-17-9-11-18(22)12-10-17)24-13-7-8-19-25-26-21(29-5)28(19)14-16(2)3;/h9-12,16H,6-8,13-15H2,1-5H3,(H,23,24);1H. The fourth-order valence-corrected chi connectivity index (χ4v) is 3.56. The van der Waals surface area contributed by atoms with E-state index in [0.717, 1.165) is 48.4 Å². The van der Waals surface area contributed by atoms with Crippen molar-refractivity contribution in [2.45, 2.75) is 51.9 Å². The third-order valence-electron chi connectivity index (χ3n) is 4.37. The minimum atomic E-state index is -0.216. The molecule has 0 saturated carbocycles. The van der Waals surface area contributed by atoms with Crippen molar-refractivity contribution in [1.82, 2.24) is 25.0 Å². The highest BCUT2D eigenvalue weighted by Gasteiger charge is 2.12. The molecule has 168 valence electrons. The van der Waals surface area contributed by atoms with Gasteiger partial charge in [0.05, 0.1) is 0 Å². The summed E-state index contributed by atoms with van der Waals surface area (Å²) in [4.78, 5) is 6.81. The first-order valence-electron chi connectivity index (χ1n) is 10.1. The molecule has 2 rings (SSSR count). The lowest BCUT2D eigenvalue weighted by Gasteiger charge is -2.22. The molecule has 9 heteroatoms. The first-order valence-corrected chi connectivity index (χ1v) is 11.4. The van der Waals surface area contributed by atoms with Crippen LogP contribution in [0.3, 0.4) is 0 Å². The monoisotopic (exact) mass is 548 g/mol. The molecule has 0 aliphatic heterocycles. The molecule has 0 aliphatic carbocycles. The van der Waals surface area contributed by atoms with E-state index >= 15 is 0 Å². The molecule has 0 saturated heterocycles. The number of hydrogen-bond donors (Lipinski definition) is 1. The Morgan fingerprint density at radius 2 is 1.97 bits per heavy atom. The minimum absolute atomic E-state index is 0. The Bertz CT molecular complexity index is 778. The predicted molar refractivity (Wildman–Crippen MR) is 134 cm³/mol. The Labute approximate surface area is 201 Å². The van der Waals surface area contributed by atoms with Crippen molar-refractivity contribution in [3.05, 3.63) is 41.5 Å². The number of benzene rings is 1. The predicted octanol–water partition coefficient (Wildman–Crippen LogP) is 4.44. The largest absolute Gasteiger partial charge is 0.357 e. The number of aryl methyl sites for hydroxylation is 1. The number of aliphatic imine (C=N–C) groups is 1. The number of hydrogen-bond acceptors (Lipinski definition) is 4. The van der Waals surface area contributed by atoms with Crippen LogP contribution in [0.2, 0.25) is 0 Å². The van der Waals surface area contributed by atoms with Crippen LogP contribution in [-0.2, 0) is 19.5 Å².